The van der Waals surface area contributed by atoms with Crippen molar-refractivity contribution in [1.29, 1.82) is 0 Å². The summed E-state index contributed by atoms with van der Waals surface area (Å²) in [7, 11) is 1.59. The molecule has 1 N–H and O–H groups in total. The van der Waals surface area contributed by atoms with Gasteiger partial charge in [-0.15, -0.1) is 0 Å². The molecule has 1 aromatic heterocycles. The van der Waals surface area contributed by atoms with Gasteiger partial charge in [0.25, 0.3) is 11.8 Å². The highest BCUT2D eigenvalue weighted by Gasteiger charge is 2.29. The fourth-order valence-corrected chi connectivity index (χ4v) is 3.23. The molecule has 2 amide bonds. The van der Waals surface area contributed by atoms with Crippen LogP contribution in [0.25, 0.3) is 0 Å². The Labute approximate surface area is 149 Å². The molecule has 0 radical (unpaired) electrons. The van der Waals surface area contributed by atoms with Crippen molar-refractivity contribution >= 4 is 11.8 Å². The second-order valence-electron chi connectivity index (χ2n) is 6.38. The standard InChI is InChI=1S/C18H30N4O3/c1-4-10-21(11-5-2)18(24)16-20-15(17(23)19-9-13-25-3)14-8-6-7-12-22(14)16/h4-13H2,1-3H3,(H,19,23). The number of nitrogens with zero attached hydrogens (tertiary/aromatic N) is 3. The summed E-state index contributed by atoms with van der Waals surface area (Å²) in [5.41, 5.74) is 1.28. The van der Waals surface area contributed by atoms with Crippen LogP contribution in [0.3, 0.4) is 0 Å². The molecule has 2 heterocycles. The van der Waals surface area contributed by atoms with Crippen LogP contribution in [0.15, 0.2) is 0 Å². The summed E-state index contributed by atoms with van der Waals surface area (Å²) in [6, 6.07) is 0. The zero-order chi connectivity index (χ0) is 18.2. The summed E-state index contributed by atoms with van der Waals surface area (Å²) >= 11 is 0. The van der Waals surface area contributed by atoms with Crippen molar-refractivity contribution in [3.8, 4) is 0 Å². The average molecular weight is 350 g/mol. The van der Waals surface area contributed by atoms with E-state index in [1.54, 1.807) is 7.11 Å². The molecule has 25 heavy (non-hydrogen) atoms. The van der Waals surface area contributed by atoms with Crippen LogP contribution in [-0.4, -0.2) is 59.6 Å². The summed E-state index contributed by atoms with van der Waals surface area (Å²) in [6.45, 7) is 7.18. The Morgan fingerprint density at radius 3 is 2.60 bits per heavy atom. The SMILES string of the molecule is CCCN(CCC)C(=O)c1nc(C(=O)NCCOC)c2n1CCCC2. The topological polar surface area (TPSA) is 76.5 Å². The van der Waals surface area contributed by atoms with Crippen molar-refractivity contribution < 1.29 is 14.3 Å². The molecule has 0 fully saturated rings. The van der Waals surface area contributed by atoms with Crippen molar-refractivity contribution in [1.82, 2.24) is 19.8 Å². The molecule has 1 aliphatic rings. The molecule has 140 valence electrons. The van der Waals surface area contributed by atoms with Gasteiger partial charge in [-0.2, -0.15) is 0 Å². The maximum Gasteiger partial charge on any atom is 0.289 e. The molecule has 0 aromatic carbocycles. The first kappa shape index (κ1) is 19.4. The first-order chi connectivity index (χ1) is 12.1. The third-order valence-corrected chi connectivity index (χ3v) is 4.39. The molecule has 2 rings (SSSR count). The van der Waals surface area contributed by atoms with Crippen LogP contribution in [0.4, 0.5) is 0 Å². The number of rotatable bonds is 9. The largest absolute Gasteiger partial charge is 0.383 e. The molecule has 0 saturated carbocycles. The maximum atomic E-state index is 13.0. The van der Waals surface area contributed by atoms with Gasteiger partial charge in [0.15, 0.2) is 5.82 Å². The van der Waals surface area contributed by atoms with Crippen molar-refractivity contribution in [2.24, 2.45) is 0 Å². The second kappa shape index (κ2) is 9.56. The van der Waals surface area contributed by atoms with Crippen LogP contribution in [0.1, 0.15) is 66.3 Å². The monoisotopic (exact) mass is 350 g/mol. The quantitative estimate of drug-likeness (QED) is 0.690. The smallest absolute Gasteiger partial charge is 0.289 e. The lowest BCUT2D eigenvalue weighted by molar-refractivity contribution is 0.0737. The summed E-state index contributed by atoms with van der Waals surface area (Å²) in [4.78, 5) is 31.8. The number of ether oxygens (including phenoxy) is 1. The fraction of sp³-hybridized carbons (Fsp3) is 0.722. The molecule has 0 bridgehead atoms. The van der Waals surface area contributed by atoms with E-state index < -0.39 is 0 Å². The van der Waals surface area contributed by atoms with Crippen LogP contribution in [0.5, 0.6) is 0 Å². The second-order valence-corrected chi connectivity index (χ2v) is 6.38. The van der Waals surface area contributed by atoms with Crippen molar-refractivity contribution in [3.05, 3.63) is 17.2 Å². The van der Waals surface area contributed by atoms with Gasteiger partial charge < -0.3 is 19.5 Å². The number of fused-ring (bicyclic) bond motifs is 1. The Kier molecular flexibility index (Phi) is 7.43. The summed E-state index contributed by atoms with van der Waals surface area (Å²) in [5, 5.41) is 2.82. The van der Waals surface area contributed by atoms with Gasteiger partial charge in [-0.3, -0.25) is 9.59 Å². The van der Waals surface area contributed by atoms with Crippen molar-refractivity contribution in [2.45, 2.75) is 52.5 Å². The van der Waals surface area contributed by atoms with E-state index in [1.165, 1.54) is 0 Å². The minimum absolute atomic E-state index is 0.0669. The zero-order valence-electron chi connectivity index (χ0n) is 15.6. The number of amides is 2. The molecular formula is C18H30N4O3. The van der Waals surface area contributed by atoms with E-state index in [0.717, 1.165) is 44.3 Å². The maximum absolute atomic E-state index is 13.0. The number of carbonyl (C=O) groups excluding carboxylic acids is 2. The summed E-state index contributed by atoms with van der Waals surface area (Å²) < 4.78 is 6.92. The van der Waals surface area contributed by atoms with E-state index in [0.29, 0.717) is 37.8 Å². The molecule has 7 heteroatoms. The first-order valence-corrected chi connectivity index (χ1v) is 9.29. The molecule has 7 nitrogen and oxygen atoms in total. The van der Waals surface area contributed by atoms with E-state index in [4.69, 9.17) is 4.74 Å². The number of hydrogen-bond donors (Lipinski definition) is 1. The highest BCUT2D eigenvalue weighted by Crippen LogP contribution is 2.22. The van der Waals surface area contributed by atoms with Crippen LogP contribution >= 0.6 is 0 Å². The molecule has 1 aromatic rings. The molecule has 1 aliphatic heterocycles. The predicted octanol–water partition coefficient (Wildman–Crippen LogP) is 1.86. The van der Waals surface area contributed by atoms with E-state index in [-0.39, 0.29) is 11.8 Å². The van der Waals surface area contributed by atoms with E-state index >= 15 is 0 Å². The number of aromatic nitrogens is 2. The summed E-state index contributed by atoms with van der Waals surface area (Å²) in [5.74, 6) is 0.121. The van der Waals surface area contributed by atoms with Crippen LogP contribution < -0.4 is 5.32 Å². The fourth-order valence-electron chi connectivity index (χ4n) is 3.23. The van der Waals surface area contributed by atoms with Gasteiger partial charge in [0, 0.05) is 33.3 Å². The van der Waals surface area contributed by atoms with Gasteiger partial charge in [-0.1, -0.05) is 13.8 Å². The third-order valence-electron chi connectivity index (χ3n) is 4.39. The van der Waals surface area contributed by atoms with Gasteiger partial charge in [0.05, 0.1) is 12.3 Å². The Morgan fingerprint density at radius 1 is 1.24 bits per heavy atom. The zero-order valence-corrected chi connectivity index (χ0v) is 15.6. The Bertz CT molecular complexity index is 591. The number of methoxy groups -OCH3 is 1. The van der Waals surface area contributed by atoms with Crippen LogP contribution in [-0.2, 0) is 17.7 Å². The number of carbonyl (C=O) groups is 2. The van der Waals surface area contributed by atoms with Crippen molar-refractivity contribution in [3.63, 3.8) is 0 Å². The summed E-state index contributed by atoms with van der Waals surface area (Å²) in [6.07, 6.45) is 4.63. The first-order valence-electron chi connectivity index (χ1n) is 9.29. The van der Waals surface area contributed by atoms with Gasteiger partial charge in [0.2, 0.25) is 0 Å². The van der Waals surface area contributed by atoms with E-state index in [9.17, 15) is 9.59 Å². The Hall–Kier alpha value is -1.89. The molecular weight excluding hydrogens is 320 g/mol. The Balaban J connectivity index is 2.29. The lowest BCUT2D eigenvalue weighted by Crippen LogP contribution is -2.35. The predicted molar refractivity (Wildman–Crippen MR) is 95.9 cm³/mol. The lowest BCUT2D eigenvalue weighted by Gasteiger charge is -2.23. The van der Waals surface area contributed by atoms with E-state index in [2.05, 4.69) is 24.1 Å². The van der Waals surface area contributed by atoms with Gasteiger partial charge >= 0.3 is 0 Å². The van der Waals surface area contributed by atoms with Gasteiger partial charge in [-0.05, 0) is 32.1 Å². The van der Waals surface area contributed by atoms with Crippen LogP contribution in [0, 0.1) is 0 Å². The van der Waals surface area contributed by atoms with Crippen molar-refractivity contribution in [2.75, 3.05) is 33.4 Å². The highest BCUT2D eigenvalue weighted by atomic mass is 16.5. The van der Waals surface area contributed by atoms with Crippen LogP contribution in [0.2, 0.25) is 0 Å². The number of hydrogen-bond acceptors (Lipinski definition) is 4. The molecule has 0 atom stereocenters. The molecule has 0 unspecified atom stereocenters. The lowest BCUT2D eigenvalue weighted by atomic mass is 10.1. The van der Waals surface area contributed by atoms with Gasteiger partial charge in [-0.25, -0.2) is 4.98 Å². The van der Waals surface area contributed by atoms with E-state index in [1.807, 2.05) is 9.47 Å². The third kappa shape index (κ3) is 4.60. The van der Waals surface area contributed by atoms with Gasteiger partial charge in [0.1, 0.15) is 5.69 Å². The minimum atomic E-state index is -0.223. The average Bonchev–Trinajstić information content (AvgIpc) is 3.01. The molecule has 0 saturated heterocycles. The highest BCUT2D eigenvalue weighted by molar-refractivity contribution is 5.97. The normalized spacial score (nSPS) is 13.4. The molecule has 0 aliphatic carbocycles. The minimum Gasteiger partial charge on any atom is -0.383 e. The molecule has 0 spiro atoms. The Morgan fingerprint density at radius 2 is 1.96 bits per heavy atom. The number of nitrogens with one attached hydrogen (secondary N) is 1. The number of imidazole rings is 1.